The minimum absolute atomic E-state index is 0.0171. The van der Waals surface area contributed by atoms with Gasteiger partial charge in [-0.3, -0.25) is 4.79 Å². The number of hydrogen-bond acceptors (Lipinski definition) is 3. The Balaban J connectivity index is 2.81. The Morgan fingerprint density at radius 3 is 2.94 bits per heavy atom. The van der Waals surface area contributed by atoms with E-state index in [1.54, 1.807) is 18.2 Å². The van der Waals surface area contributed by atoms with Crippen LogP contribution >= 0.6 is 0 Å². The molecule has 4 N–H and O–H groups in total. The number of carbonyl (C=O) groups is 1. The third-order valence-corrected chi connectivity index (χ3v) is 2.40. The Hall–Kier alpha value is -1.99. The SMILES string of the molecule is C#CCC(N)C(=O)Nc1cc(CC)ccc1O. The summed E-state index contributed by atoms with van der Waals surface area (Å²) in [6.07, 6.45) is 6.06. The number of aryl methyl sites for hydroxylation is 1. The molecule has 0 aliphatic rings. The minimum atomic E-state index is -0.760. The van der Waals surface area contributed by atoms with Crippen molar-refractivity contribution in [2.24, 2.45) is 5.73 Å². The molecule has 4 nitrogen and oxygen atoms in total. The molecule has 1 aromatic carbocycles. The first kappa shape index (κ1) is 13.1. The fraction of sp³-hybridized carbons (Fsp3) is 0.308. The van der Waals surface area contributed by atoms with Crippen LogP contribution in [0.15, 0.2) is 18.2 Å². The van der Waals surface area contributed by atoms with E-state index in [4.69, 9.17) is 12.2 Å². The molecule has 0 radical (unpaired) electrons. The van der Waals surface area contributed by atoms with Gasteiger partial charge in [-0.15, -0.1) is 12.3 Å². The third-order valence-electron chi connectivity index (χ3n) is 2.40. The van der Waals surface area contributed by atoms with Crippen LogP contribution in [-0.4, -0.2) is 17.1 Å². The first-order valence-corrected chi connectivity index (χ1v) is 5.40. The third kappa shape index (κ3) is 3.51. The van der Waals surface area contributed by atoms with Crippen LogP contribution in [0.5, 0.6) is 5.75 Å². The van der Waals surface area contributed by atoms with Crippen LogP contribution in [0.3, 0.4) is 0 Å². The second-order valence-corrected chi connectivity index (χ2v) is 3.71. The largest absolute Gasteiger partial charge is 0.506 e. The molecule has 0 saturated heterocycles. The van der Waals surface area contributed by atoms with Crippen molar-refractivity contribution < 1.29 is 9.90 Å². The predicted molar refractivity (Wildman–Crippen MR) is 67.5 cm³/mol. The van der Waals surface area contributed by atoms with Gasteiger partial charge in [-0.2, -0.15) is 0 Å². The van der Waals surface area contributed by atoms with Crippen molar-refractivity contribution in [2.75, 3.05) is 5.32 Å². The topological polar surface area (TPSA) is 75.4 Å². The summed E-state index contributed by atoms with van der Waals surface area (Å²) >= 11 is 0. The van der Waals surface area contributed by atoms with Gasteiger partial charge in [0.1, 0.15) is 5.75 Å². The molecule has 17 heavy (non-hydrogen) atoms. The summed E-state index contributed by atoms with van der Waals surface area (Å²) in [4.78, 5) is 11.6. The lowest BCUT2D eigenvalue weighted by Crippen LogP contribution is -2.35. The molecule has 1 rings (SSSR count). The van der Waals surface area contributed by atoms with Crippen LogP contribution in [0.2, 0.25) is 0 Å². The number of phenolic OH excluding ortho intramolecular Hbond substituents is 1. The van der Waals surface area contributed by atoms with Crippen LogP contribution < -0.4 is 11.1 Å². The van der Waals surface area contributed by atoms with Gasteiger partial charge in [-0.25, -0.2) is 0 Å². The molecule has 0 aromatic heterocycles. The number of anilines is 1. The molecule has 0 saturated carbocycles. The molecule has 0 aliphatic heterocycles. The quantitative estimate of drug-likeness (QED) is 0.540. The lowest BCUT2D eigenvalue weighted by Gasteiger charge is -2.11. The summed E-state index contributed by atoms with van der Waals surface area (Å²) in [5, 5.41) is 12.2. The second kappa shape index (κ2) is 5.92. The zero-order valence-corrected chi connectivity index (χ0v) is 9.73. The van der Waals surface area contributed by atoms with Gasteiger partial charge in [0.2, 0.25) is 5.91 Å². The first-order chi connectivity index (χ1) is 8.08. The molecular formula is C13H16N2O2. The summed E-state index contributed by atoms with van der Waals surface area (Å²) in [6, 6.07) is 4.30. The molecule has 0 spiro atoms. The number of aromatic hydroxyl groups is 1. The summed E-state index contributed by atoms with van der Waals surface area (Å²) < 4.78 is 0. The number of benzene rings is 1. The molecule has 1 atom stereocenters. The van der Waals surface area contributed by atoms with Gasteiger partial charge in [0.15, 0.2) is 0 Å². The molecule has 0 heterocycles. The maximum Gasteiger partial charge on any atom is 0.242 e. The number of terminal acetylenes is 1. The first-order valence-electron chi connectivity index (χ1n) is 5.40. The Morgan fingerprint density at radius 1 is 1.65 bits per heavy atom. The summed E-state index contributed by atoms with van der Waals surface area (Å²) in [5.74, 6) is 1.94. The maximum absolute atomic E-state index is 11.6. The smallest absolute Gasteiger partial charge is 0.242 e. The summed E-state index contributed by atoms with van der Waals surface area (Å²) in [6.45, 7) is 1.99. The number of amides is 1. The van der Waals surface area contributed by atoms with E-state index in [1.165, 1.54) is 0 Å². The van der Waals surface area contributed by atoms with Gasteiger partial charge in [-0.1, -0.05) is 13.0 Å². The van der Waals surface area contributed by atoms with Crippen molar-refractivity contribution in [2.45, 2.75) is 25.8 Å². The van der Waals surface area contributed by atoms with Gasteiger partial charge >= 0.3 is 0 Å². The number of rotatable bonds is 4. The molecule has 1 amide bonds. The van der Waals surface area contributed by atoms with Gasteiger partial charge in [0, 0.05) is 6.42 Å². The summed E-state index contributed by atoms with van der Waals surface area (Å²) in [7, 11) is 0. The van der Waals surface area contributed by atoms with Crippen molar-refractivity contribution in [3.8, 4) is 18.1 Å². The van der Waals surface area contributed by atoms with Crippen molar-refractivity contribution >= 4 is 11.6 Å². The van der Waals surface area contributed by atoms with Crippen molar-refractivity contribution in [1.82, 2.24) is 0 Å². The van der Waals surface area contributed by atoms with Crippen molar-refractivity contribution in [3.63, 3.8) is 0 Å². The normalized spacial score (nSPS) is 11.6. The van der Waals surface area contributed by atoms with E-state index < -0.39 is 11.9 Å². The van der Waals surface area contributed by atoms with Crippen LogP contribution in [0, 0.1) is 12.3 Å². The molecule has 1 unspecified atom stereocenters. The van der Waals surface area contributed by atoms with Crippen LogP contribution in [0.1, 0.15) is 18.9 Å². The van der Waals surface area contributed by atoms with Gasteiger partial charge < -0.3 is 16.2 Å². The highest BCUT2D eigenvalue weighted by Crippen LogP contribution is 2.24. The highest BCUT2D eigenvalue weighted by molar-refractivity contribution is 5.96. The van der Waals surface area contributed by atoms with Crippen molar-refractivity contribution in [1.29, 1.82) is 0 Å². The number of hydrogen-bond donors (Lipinski definition) is 3. The Morgan fingerprint density at radius 2 is 2.35 bits per heavy atom. The average molecular weight is 232 g/mol. The van der Waals surface area contributed by atoms with E-state index in [0.717, 1.165) is 12.0 Å². The monoisotopic (exact) mass is 232 g/mol. The van der Waals surface area contributed by atoms with E-state index in [0.29, 0.717) is 5.69 Å². The Labute approximate surface area is 101 Å². The van der Waals surface area contributed by atoms with E-state index in [2.05, 4.69) is 11.2 Å². The lowest BCUT2D eigenvalue weighted by atomic mass is 10.1. The number of nitrogens with one attached hydrogen (secondary N) is 1. The lowest BCUT2D eigenvalue weighted by molar-refractivity contribution is -0.117. The van der Waals surface area contributed by atoms with Crippen LogP contribution in [0.4, 0.5) is 5.69 Å². The molecule has 0 fully saturated rings. The molecule has 1 aromatic rings. The standard InChI is InChI=1S/C13H16N2O2/c1-3-5-10(14)13(17)15-11-8-9(4-2)6-7-12(11)16/h1,6-8,10,16H,4-5,14H2,2H3,(H,15,17). The zero-order chi connectivity index (χ0) is 12.8. The highest BCUT2D eigenvalue weighted by Gasteiger charge is 2.14. The second-order valence-electron chi connectivity index (χ2n) is 3.71. The van der Waals surface area contributed by atoms with Gasteiger partial charge in [0.25, 0.3) is 0 Å². The summed E-state index contributed by atoms with van der Waals surface area (Å²) in [5.41, 5.74) is 6.94. The number of phenols is 1. The van der Waals surface area contributed by atoms with Gasteiger partial charge in [0.05, 0.1) is 11.7 Å². The Bertz CT molecular complexity index is 449. The fourth-order valence-electron chi connectivity index (χ4n) is 1.35. The van der Waals surface area contributed by atoms with E-state index in [9.17, 15) is 9.90 Å². The number of nitrogens with two attached hydrogens (primary N) is 1. The molecule has 0 bridgehead atoms. The Kier molecular flexibility index (Phi) is 4.56. The molecular weight excluding hydrogens is 216 g/mol. The van der Waals surface area contributed by atoms with Gasteiger partial charge in [-0.05, 0) is 24.1 Å². The molecule has 4 heteroatoms. The average Bonchev–Trinajstić information content (AvgIpc) is 2.32. The van der Waals surface area contributed by atoms with E-state index in [-0.39, 0.29) is 12.2 Å². The fourth-order valence-corrected chi connectivity index (χ4v) is 1.35. The van der Waals surface area contributed by atoms with E-state index in [1.807, 2.05) is 6.92 Å². The minimum Gasteiger partial charge on any atom is -0.506 e. The van der Waals surface area contributed by atoms with Crippen LogP contribution in [-0.2, 0) is 11.2 Å². The molecule has 90 valence electrons. The molecule has 0 aliphatic carbocycles. The zero-order valence-electron chi connectivity index (χ0n) is 9.73. The maximum atomic E-state index is 11.6. The highest BCUT2D eigenvalue weighted by atomic mass is 16.3. The predicted octanol–water partition coefficient (Wildman–Crippen LogP) is 1.24. The van der Waals surface area contributed by atoms with Crippen molar-refractivity contribution in [3.05, 3.63) is 23.8 Å². The van der Waals surface area contributed by atoms with E-state index >= 15 is 0 Å². The number of carbonyl (C=O) groups excluding carboxylic acids is 1. The van der Waals surface area contributed by atoms with Crippen LogP contribution in [0.25, 0.3) is 0 Å².